The van der Waals surface area contributed by atoms with Crippen molar-refractivity contribution >= 4 is 22.8 Å². The number of hydrogen-bond donors (Lipinski definition) is 2. The largest absolute Gasteiger partial charge is 0.461 e. The highest BCUT2D eigenvalue weighted by molar-refractivity contribution is 5.81. The molecule has 2 aliphatic rings. The van der Waals surface area contributed by atoms with Crippen molar-refractivity contribution in [2.24, 2.45) is 4.99 Å². The quantitative estimate of drug-likeness (QED) is 0.583. The molecule has 1 aliphatic carbocycles. The van der Waals surface area contributed by atoms with E-state index in [0.29, 0.717) is 12.6 Å². The van der Waals surface area contributed by atoms with E-state index in [9.17, 15) is 4.79 Å². The summed E-state index contributed by atoms with van der Waals surface area (Å²) in [5, 5.41) is 7.64. The molecular formula is C21H29N5O2. The van der Waals surface area contributed by atoms with Crippen molar-refractivity contribution in [3.05, 3.63) is 36.1 Å². The lowest BCUT2D eigenvalue weighted by Crippen LogP contribution is -2.54. The van der Waals surface area contributed by atoms with Gasteiger partial charge in [0.05, 0.1) is 6.54 Å². The molecule has 7 heteroatoms. The molecule has 1 saturated carbocycles. The lowest BCUT2D eigenvalue weighted by molar-refractivity contribution is -0.122. The molecule has 28 heavy (non-hydrogen) atoms. The van der Waals surface area contributed by atoms with Crippen molar-refractivity contribution in [1.29, 1.82) is 0 Å². The zero-order valence-corrected chi connectivity index (χ0v) is 16.5. The van der Waals surface area contributed by atoms with E-state index in [1.165, 1.54) is 0 Å². The van der Waals surface area contributed by atoms with E-state index in [1.807, 2.05) is 25.2 Å². The molecular weight excluding hydrogens is 354 g/mol. The molecule has 0 atom stereocenters. The highest BCUT2D eigenvalue weighted by Gasteiger charge is 2.25. The first kappa shape index (κ1) is 18.8. The van der Waals surface area contributed by atoms with Crippen LogP contribution in [0, 0.1) is 0 Å². The van der Waals surface area contributed by atoms with Crippen LogP contribution in [0.2, 0.25) is 0 Å². The second-order valence-electron chi connectivity index (χ2n) is 7.58. The number of fused-ring (bicyclic) bond motifs is 1. The fourth-order valence-corrected chi connectivity index (χ4v) is 3.61. The number of aliphatic imine (C=N–C) groups is 1. The molecule has 1 aromatic carbocycles. The van der Waals surface area contributed by atoms with Crippen LogP contribution in [0.15, 0.2) is 39.7 Å². The highest BCUT2D eigenvalue weighted by atomic mass is 16.3. The van der Waals surface area contributed by atoms with Gasteiger partial charge in [0.2, 0.25) is 5.91 Å². The lowest BCUT2D eigenvalue weighted by Gasteiger charge is -2.36. The Labute approximate surface area is 165 Å². The van der Waals surface area contributed by atoms with E-state index in [0.717, 1.165) is 74.7 Å². The molecule has 1 aromatic heterocycles. The Morgan fingerprint density at radius 1 is 1.21 bits per heavy atom. The molecule has 7 nitrogen and oxygen atoms in total. The zero-order valence-electron chi connectivity index (χ0n) is 16.5. The summed E-state index contributed by atoms with van der Waals surface area (Å²) in [5.41, 5.74) is 0.934. The first-order chi connectivity index (χ1) is 13.7. The molecule has 2 heterocycles. The Balaban J connectivity index is 1.20. The topological polar surface area (TPSA) is 73.1 Å². The number of rotatable bonds is 6. The van der Waals surface area contributed by atoms with Crippen LogP contribution < -0.4 is 10.6 Å². The van der Waals surface area contributed by atoms with Gasteiger partial charge in [-0.3, -0.25) is 14.7 Å². The maximum Gasteiger partial charge on any atom is 0.234 e. The summed E-state index contributed by atoms with van der Waals surface area (Å²) in [4.78, 5) is 20.9. The van der Waals surface area contributed by atoms with Crippen molar-refractivity contribution < 1.29 is 9.21 Å². The normalized spacial score (nSPS) is 18.5. The molecule has 0 spiro atoms. The maximum atomic E-state index is 12.0. The average molecular weight is 383 g/mol. The number of nitrogens with zero attached hydrogens (tertiary/aromatic N) is 3. The number of guanidine groups is 1. The van der Waals surface area contributed by atoms with Crippen molar-refractivity contribution in [3.8, 4) is 0 Å². The number of amides is 1. The molecule has 2 fully saturated rings. The summed E-state index contributed by atoms with van der Waals surface area (Å²) < 4.78 is 5.87. The average Bonchev–Trinajstić information content (AvgIpc) is 3.41. The van der Waals surface area contributed by atoms with Gasteiger partial charge in [-0.25, -0.2) is 0 Å². The summed E-state index contributed by atoms with van der Waals surface area (Å²) in [7, 11) is 1.82. The minimum Gasteiger partial charge on any atom is -0.461 e. The Kier molecular flexibility index (Phi) is 5.81. The van der Waals surface area contributed by atoms with E-state index < -0.39 is 0 Å². The van der Waals surface area contributed by atoms with Crippen molar-refractivity contribution in [1.82, 2.24) is 20.4 Å². The Bertz CT molecular complexity index is 801. The van der Waals surface area contributed by atoms with Crippen molar-refractivity contribution in [2.45, 2.75) is 25.3 Å². The number of carbonyl (C=O) groups is 1. The zero-order chi connectivity index (χ0) is 19.3. The van der Waals surface area contributed by atoms with Crippen LogP contribution in [0.3, 0.4) is 0 Å². The van der Waals surface area contributed by atoms with E-state index in [1.54, 1.807) is 0 Å². The molecule has 1 saturated heterocycles. The smallest absolute Gasteiger partial charge is 0.234 e. The predicted octanol–water partition coefficient (Wildman–Crippen LogP) is 1.45. The van der Waals surface area contributed by atoms with E-state index in [2.05, 4.69) is 37.6 Å². The second-order valence-corrected chi connectivity index (χ2v) is 7.58. The minimum absolute atomic E-state index is 0.157. The first-order valence-corrected chi connectivity index (χ1v) is 10.2. The van der Waals surface area contributed by atoms with Crippen LogP contribution in [0.25, 0.3) is 11.0 Å². The van der Waals surface area contributed by atoms with Crippen molar-refractivity contribution in [2.75, 3.05) is 46.3 Å². The second kappa shape index (κ2) is 8.65. The van der Waals surface area contributed by atoms with Crippen molar-refractivity contribution in [3.63, 3.8) is 0 Å². The van der Waals surface area contributed by atoms with Crippen LogP contribution in [0.4, 0.5) is 0 Å². The maximum absolute atomic E-state index is 12.0. The van der Waals surface area contributed by atoms with Gasteiger partial charge in [0, 0.05) is 57.6 Å². The molecule has 0 bridgehead atoms. The third-order valence-electron chi connectivity index (χ3n) is 5.32. The van der Waals surface area contributed by atoms with Crippen LogP contribution in [-0.2, 0) is 11.2 Å². The monoisotopic (exact) mass is 383 g/mol. The fraction of sp³-hybridized carbons (Fsp3) is 0.524. The summed E-state index contributed by atoms with van der Waals surface area (Å²) >= 11 is 0. The Morgan fingerprint density at radius 2 is 2.00 bits per heavy atom. The minimum atomic E-state index is 0.157. The molecule has 4 rings (SSSR count). The summed E-state index contributed by atoms with van der Waals surface area (Å²) in [6, 6.07) is 10.6. The van der Waals surface area contributed by atoms with Gasteiger partial charge in [-0.1, -0.05) is 18.2 Å². The Morgan fingerprint density at radius 3 is 2.71 bits per heavy atom. The third kappa shape index (κ3) is 4.84. The fourth-order valence-electron chi connectivity index (χ4n) is 3.61. The van der Waals surface area contributed by atoms with E-state index in [4.69, 9.17) is 4.42 Å². The highest BCUT2D eigenvalue weighted by Crippen LogP contribution is 2.19. The van der Waals surface area contributed by atoms with Gasteiger partial charge in [0.15, 0.2) is 5.96 Å². The van der Waals surface area contributed by atoms with Gasteiger partial charge in [-0.15, -0.1) is 0 Å². The number of hydrogen-bond acceptors (Lipinski definition) is 4. The predicted molar refractivity (Wildman–Crippen MR) is 110 cm³/mol. The van der Waals surface area contributed by atoms with Crippen LogP contribution in [0.5, 0.6) is 0 Å². The molecule has 2 aromatic rings. The van der Waals surface area contributed by atoms with Crippen LogP contribution in [-0.4, -0.2) is 74.0 Å². The van der Waals surface area contributed by atoms with Gasteiger partial charge in [0.1, 0.15) is 11.3 Å². The van der Waals surface area contributed by atoms with E-state index >= 15 is 0 Å². The SMILES string of the molecule is CN=C(NCCc1cc2ccccc2o1)N1CCN(CC(=O)NC2CC2)CC1. The summed E-state index contributed by atoms with van der Waals surface area (Å²) in [5.74, 6) is 2.05. The molecule has 1 aliphatic heterocycles. The van der Waals surface area contributed by atoms with Gasteiger partial charge in [-0.2, -0.15) is 0 Å². The summed E-state index contributed by atoms with van der Waals surface area (Å²) in [6.07, 6.45) is 3.08. The van der Waals surface area contributed by atoms with Gasteiger partial charge >= 0.3 is 0 Å². The van der Waals surface area contributed by atoms with Gasteiger partial charge in [-0.05, 0) is 25.0 Å². The molecule has 2 N–H and O–H groups in total. The first-order valence-electron chi connectivity index (χ1n) is 10.2. The number of piperazine rings is 1. The molecule has 0 unspecified atom stereocenters. The van der Waals surface area contributed by atoms with Crippen LogP contribution >= 0.6 is 0 Å². The van der Waals surface area contributed by atoms with Gasteiger partial charge < -0.3 is 20.0 Å². The number of para-hydroxylation sites is 1. The lowest BCUT2D eigenvalue weighted by atomic mass is 10.2. The summed E-state index contributed by atoms with van der Waals surface area (Å²) in [6.45, 7) is 4.78. The third-order valence-corrected chi connectivity index (χ3v) is 5.32. The molecule has 150 valence electrons. The number of carbonyl (C=O) groups excluding carboxylic acids is 1. The molecule has 0 radical (unpaired) electrons. The number of benzene rings is 1. The number of nitrogens with one attached hydrogen (secondary N) is 2. The standard InChI is InChI=1S/C21H29N5O2/c1-22-21(23-9-8-18-14-16-4-2-3-5-19(16)28-18)26-12-10-25(11-13-26)15-20(27)24-17-6-7-17/h2-5,14,17H,6-13,15H2,1H3,(H,22,23)(H,24,27). The Hall–Kier alpha value is -2.54. The van der Waals surface area contributed by atoms with E-state index in [-0.39, 0.29) is 5.91 Å². The van der Waals surface area contributed by atoms with Crippen LogP contribution in [0.1, 0.15) is 18.6 Å². The van der Waals surface area contributed by atoms with Gasteiger partial charge in [0.25, 0.3) is 0 Å². The molecule has 1 amide bonds. The number of furan rings is 1.